The lowest BCUT2D eigenvalue weighted by atomic mass is 10.0. The van der Waals surface area contributed by atoms with Crippen LogP contribution in [0, 0.1) is 5.92 Å². The molecule has 0 aliphatic heterocycles. The third-order valence-electron chi connectivity index (χ3n) is 2.12. The first kappa shape index (κ1) is 13.2. The van der Waals surface area contributed by atoms with Crippen LogP contribution in [0.4, 0.5) is 0 Å². The van der Waals surface area contributed by atoms with Gasteiger partial charge in [-0.25, -0.2) is 0 Å². The zero-order valence-electron chi connectivity index (χ0n) is 9.84. The van der Waals surface area contributed by atoms with Crippen molar-refractivity contribution in [1.82, 2.24) is 0 Å². The van der Waals surface area contributed by atoms with Gasteiger partial charge in [0.25, 0.3) is 0 Å². The highest BCUT2D eigenvalue weighted by Gasteiger charge is 1.97. The van der Waals surface area contributed by atoms with Crippen molar-refractivity contribution >= 4 is 6.29 Å². The molecule has 1 unspecified atom stereocenters. The van der Waals surface area contributed by atoms with Gasteiger partial charge in [-0.15, -0.1) is 0 Å². The number of carbonyl (C=O) groups excluding carboxylic acids is 1. The second-order valence-electron chi connectivity index (χ2n) is 4.21. The van der Waals surface area contributed by atoms with Crippen LogP contribution in [-0.4, -0.2) is 6.29 Å². The van der Waals surface area contributed by atoms with Crippen molar-refractivity contribution in [2.24, 2.45) is 5.92 Å². The van der Waals surface area contributed by atoms with Crippen LogP contribution in [0.25, 0.3) is 0 Å². The lowest BCUT2D eigenvalue weighted by molar-refractivity contribution is -0.107. The highest BCUT2D eigenvalue weighted by Crippen LogP contribution is 2.12. The molecule has 0 radical (unpaired) electrons. The Bertz CT molecular complexity index is 219. The first-order chi connectivity index (χ1) is 6.56. The molecule has 1 atom stereocenters. The second kappa shape index (κ2) is 7.54. The summed E-state index contributed by atoms with van der Waals surface area (Å²) in [5.74, 6) is 0.580. The Morgan fingerprint density at radius 3 is 2.43 bits per heavy atom. The Kier molecular flexibility index (Phi) is 7.09. The Balaban J connectivity index is 3.94. The van der Waals surface area contributed by atoms with E-state index >= 15 is 0 Å². The highest BCUT2D eigenvalue weighted by molar-refractivity contribution is 5.49. The summed E-state index contributed by atoms with van der Waals surface area (Å²) in [6, 6.07) is 0. The van der Waals surface area contributed by atoms with Crippen LogP contribution in [0.1, 0.15) is 47.0 Å². The number of rotatable bonds is 6. The van der Waals surface area contributed by atoms with Crippen molar-refractivity contribution in [3.63, 3.8) is 0 Å². The molecular weight excluding hydrogens is 172 g/mol. The van der Waals surface area contributed by atoms with Gasteiger partial charge < -0.3 is 4.79 Å². The summed E-state index contributed by atoms with van der Waals surface area (Å²) in [5, 5.41) is 0. The van der Waals surface area contributed by atoms with E-state index in [0.29, 0.717) is 12.3 Å². The van der Waals surface area contributed by atoms with E-state index in [0.717, 1.165) is 19.1 Å². The van der Waals surface area contributed by atoms with Gasteiger partial charge in [-0.05, 0) is 39.5 Å². The summed E-state index contributed by atoms with van der Waals surface area (Å²) in [5.41, 5.74) is 2.70. The van der Waals surface area contributed by atoms with Gasteiger partial charge in [0.05, 0.1) is 0 Å². The molecule has 0 rings (SSSR count). The van der Waals surface area contributed by atoms with Gasteiger partial charge in [-0.3, -0.25) is 0 Å². The number of carbonyl (C=O) groups is 1. The zero-order chi connectivity index (χ0) is 11.0. The Hall–Kier alpha value is -0.850. The number of allylic oxidation sites excluding steroid dienone is 4. The van der Waals surface area contributed by atoms with Gasteiger partial charge in [-0.1, -0.05) is 30.2 Å². The van der Waals surface area contributed by atoms with Gasteiger partial charge in [0.2, 0.25) is 0 Å². The molecule has 0 aromatic rings. The SMILES string of the molecule is CC(C)=CCC(C)/C=C(\C)CCC=O. The first-order valence-corrected chi connectivity index (χ1v) is 5.30. The largest absolute Gasteiger partial charge is 0.303 e. The van der Waals surface area contributed by atoms with E-state index in [2.05, 4.69) is 39.8 Å². The maximum atomic E-state index is 10.2. The average molecular weight is 194 g/mol. The molecule has 0 saturated carbocycles. The summed E-state index contributed by atoms with van der Waals surface area (Å²) < 4.78 is 0. The quantitative estimate of drug-likeness (QED) is 0.463. The van der Waals surface area contributed by atoms with Crippen LogP contribution in [0.3, 0.4) is 0 Å². The molecule has 0 heterocycles. The predicted octanol–water partition coefficient (Wildman–Crippen LogP) is 3.90. The summed E-state index contributed by atoms with van der Waals surface area (Å²) in [6.45, 7) is 8.55. The molecule has 0 aliphatic carbocycles. The van der Waals surface area contributed by atoms with E-state index in [9.17, 15) is 4.79 Å². The number of hydrogen-bond donors (Lipinski definition) is 0. The fraction of sp³-hybridized carbons (Fsp3) is 0.615. The predicted molar refractivity (Wildman–Crippen MR) is 62.3 cm³/mol. The third-order valence-corrected chi connectivity index (χ3v) is 2.12. The summed E-state index contributed by atoms with van der Waals surface area (Å²) in [6.07, 6.45) is 8.16. The number of hydrogen-bond acceptors (Lipinski definition) is 1. The molecule has 14 heavy (non-hydrogen) atoms. The maximum Gasteiger partial charge on any atom is 0.120 e. The molecule has 0 saturated heterocycles. The van der Waals surface area contributed by atoms with Gasteiger partial charge in [0.1, 0.15) is 6.29 Å². The monoisotopic (exact) mass is 194 g/mol. The lowest BCUT2D eigenvalue weighted by Gasteiger charge is -2.05. The molecule has 0 spiro atoms. The Morgan fingerprint density at radius 1 is 1.29 bits per heavy atom. The molecule has 0 aromatic carbocycles. The molecule has 80 valence electrons. The van der Waals surface area contributed by atoms with Gasteiger partial charge in [0.15, 0.2) is 0 Å². The van der Waals surface area contributed by atoms with Crippen LogP contribution in [0.2, 0.25) is 0 Å². The van der Waals surface area contributed by atoms with Crippen molar-refractivity contribution in [3.05, 3.63) is 23.3 Å². The van der Waals surface area contributed by atoms with E-state index in [1.807, 2.05) is 0 Å². The minimum atomic E-state index is 0.580. The molecular formula is C13H22O. The van der Waals surface area contributed by atoms with E-state index in [1.54, 1.807) is 0 Å². The standard InChI is InChI=1S/C13H22O/c1-11(2)7-8-13(4)10-12(3)6-5-9-14/h7,9-10,13H,5-6,8H2,1-4H3/b12-10+. The van der Waals surface area contributed by atoms with Crippen LogP contribution in [-0.2, 0) is 4.79 Å². The topological polar surface area (TPSA) is 17.1 Å². The summed E-state index contributed by atoms with van der Waals surface area (Å²) in [4.78, 5) is 10.2. The molecule has 1 heteroatoms. The molecule has 0 N–H and O–H groups in total. The van der Waals surface area contributed by atoms with Crippen molar-refractivity contribution in [3.8, 4) is 0 Å². The normalized spacial score (nSPS) is 13.6. The molecule has 0 fully saturated rings. The minimum absolute atomic E-state index is 0.580. The van der Waals surface area contributed by atoms with Gasteiger partial charge in [-0.2, -0.15) is 0 Å². The van der Waals surface area contributed by atoms with Crippen molar-refractivity contribution in [2.45, 2.75) is 47.0 Å². The first-order valence-electron chi connectivity index (χ1n) is 5.30. The molecule has 1 nitrogen and oxygen atoms in total. The maximum absolute atomic E-state index is 10.2. The molecule has 0 bridgehead atoms. The lowest BCUT2D eigenvalue weighted by Crippen LogP contribution is -1.90. The number of aldehydes is 1. The fourth-order valence-corrected chi connectivity index (χ4v) is 1.35. The van der Waals surface area contributed by atoms with Crippen LogP contribution >= 0.6 is 0 Å². The third kappa shape index (κ3) is 7.78. The molecule has 0 aromatic heterocycles. The van der Waals surface area contributed by atoms with Crippen molar-refractivity contribution in [2.75, 3.05) is 0 Å². The van der Waals surface area contributed by atoms with E-state index in [1.165, 1.54) is 11.1 Å². The van der Waals surface area contributed by atoms with Crippen molar-refractivity contribution < 1.29 is 4.79 Å². The summed E-state index contributed by atoms with van der Waals surface area (Å²) >= 11 is 0. The van der Waals surface area contributed by atoms with Crippen LogP contribution in [0.15, 0.2) is 23.3 Å². The smallest absolute Gasteiger partial charge is 0.120 e. The fourth-order valence-electron chi connectivity index (χ4n) is 1.35. The van der Waals surface area contributed by atoms with Crippen LogP contribution in [0.5, 0.6) is 0 Å². The Labute approximate surface area is 87.9 Å². The van der Waals surface area contributed by atoms with E-state index in [4.69, 9.17) is 0 Å². The van der Waals surface area contributed by atoms with Crippen LogP contribution < -0.4 is 0 Å². The molecule has 0 aliphatic rings. The van der Waals surface area contributed by atoms with Crippen molar-refractivity contribution in [1.29, 1.82) is 0 Å². The van der Waals surface area contributed by atoms with Gasteiger partial charge >= 0.3 is 0 Å². The zero-order valence-corrected chi connectivity index (χ0v) is 9.84. The Morgan fingerprint density at radius 2 is 1.93 bits per heavy atom. The van der Waals surface area contributed by atoms with E-state index in [-0.39, 0.29) is 0 Å². The highest BCUT2D eigenvalue weighted by atomic mass is 16.1. The molecule has 0 amide bonds. The minimum Gasteiger partial charge on any atom is -0.303 e. The summed E-state index contributed by atoms with van der Waals surface area (Å²) in [7, 11) is 0. The second-order valence-corrected chi connectivity index (χ2v) is 4.21. The van der Waals surface area contributed by atoms with Gasteiger partial charge in [0, 0.05) is 6.42 Å². The van der Waals surface area contributed by atoms with E-state index < -0.39 is 0 Å². The average Bonchev–Trinajstić information content (AvgIpc) is 2.11.